The summed E-state index contributed by atoms with van der Waals surface area (Å²) in [5.74, 6) is 0.0304. The molecule has 2 fully saturated rings. The number of thioether (sulfide) groups is 2. The van der Waals surface area contributed by atoms with E-state index in [0.717, 1.165) is 17.3 Å². The second-order valence-corrected chi connectivity index (χ2v) is 14.1. The fourth-order valence-corrected chi connectivity index (χ4v) is 8.55. The first kappa shape index (κ1) is 30.6. The van der Waals surface area contributed by atoms with Crippen molar-refractivity contribution in [2.45, 2.75) is 42.5 Å². The van der Waals surface area contributed by atoms with E-state index in [1.807, 2.05) is 30.3 Å². The third-order valence-corrected chi connectivity index (χ3v) is 10.7. The summed E-state index contributed by atoms with van der Waals surface area (Å²) in [6.45, 7) is 3.21. The Labute approximate surface area is 268 Å². The lowest BCUT2D eigenvalue weighted by molar-refractivity contribution is -0.163. The van der Waals surface area contributed by atoms with Crippen LogP contribution in [0.4, 0.5) is 4.79 Å². The summed E-state index contributed by atoms with van der Waals surface area (Å²) in [4.78, 5) is 55.4. The maximum Gasteiger partial charge on any atom is 0.375 e. The van der Waals surface area contributed by atoms with Gasteiger partial charge in [0.15, 0.2) is 26.4 Å². The SMILES string of the molecule is CN1C(=O)C2(SC(=O)Oc3ccccc3)C[C@](C)(C#N)C(c3ccc4c(c3)OCO4)N2C(=O)[C@]1(C)SC(=O)Cc1ccccc1. The van der Waals surface area contributed by atoms with Crippen molar-refractivity contribution in [3.05, 3.63) is 90.0 Å². The first-order valence-corrected chi connectivity index (χ1v) is 15.8. The minimum Gasteiger partial charge on any atom is -0.454 e. The second kappa shape index (κ2) is 11.5. The highest BCUT2D eigenvalue weighted by Crippen LogP contribution is 2.63. The van der Waals surface area contributed by atoms with Crippen LogP contribution in [0.25, 0.3) is 0 Å². The normalized spacial score (nSPS) is 26.8. The fraction of sp³-hybridized carbons (Fsp3) is 0.303. The van der Waals surface area contributed by atoms with E-state index in [2.05, 4.69) is 6.07 Å². The molecule has 2 saturated heterocycles. The van der Waals surface area contributed by atoms with Gasteiger partial charge in [-0.25, -0.2) is 4.79 Å². The van der Waals surface area contributed by atoms with Gasteiger partial charge in [-0.3, -0.25) is 14.4 Å². The van der Waals surface area contributed by atoms with Gasteiger partial charge in [0, 0.05) is 19.9 Å². The van der Waals surface area contributed by atoms with E-state index in [-0.39, 0.29) is 30.5 Å². The van der Waals surface area contributed by atoms with Gasteiger partial charge in [0.05, 0.1) is 17.5 Å². The molecule has 3 aliphatic rings. The summed E-state index contributed by atoms with van der Waals surface area (Å²) < 4.78 is 16.6. The number of fused-ring (bicyclic) bond motifs is 2. The van der Waals surface area contributed by atoms with Crippen molar-refractivity contribution in [1.29, 1.82) is 5.26 Å². The van der Waals surface area contributed by atoms with Crippen LogP contribution in [-0.2, 0) is 20.8 Å². The molecule has 0 bridgehead atoms. The number of carbonyl (C=O) groups excluding carboxylic acids is 4. The van der Waals surface area contributed by atoms with Crippen LogP contribution >= 0.6 is 23.5 Å². The molecular formula is C33H29N3O7S2. The molecule has 6 rings (SSSR count). The Kier molecular flexibility index (Phi) is 7.79. The van der Waals surface area contributed by atoms with Gasteiger partial charge in [-0.05, 0) is 72.8 Å². The number of likely N-dealkylation sites (N-methyl/N-ethyl adjacent to an activating group) is 1. The average molecular weight is 644 g/mol. The molecule has 2 unspecified atom stereocenters. The van der Waals surface area contributed by atoms with Crippen LogP contribution in [0.1, 0.15) is 37.4 Å². The molecule has 3 aromatic rings. The average Bonchev–Trinajstić information content (AvgIpc) is 3.60. The molecule has 10 nitrogen and oxygen atoms in total. The lowest BCUT2D eigenvalue weighted by Gasteiger charge is -2.52. The van der Waals surface area contributed by atoms with Gasteiger partial charge < -0.3 is 24.0 Å². The van der Waals surface area contributed by atoms with Crippen LogP contribution in [0.3, 0.4) is 0 Å². The number of carbonyl (C=O) groups is 4. The van der Waals surface area contributed by atoms with E-state index >= 15 is 0 Å². The minimum absolute atomic E-state index is 0.0221. The van der Waals surface area contributed by atoms with Crippen molar-refractivity contribution in [3.8, 4) is 23.3 Å². The second-order valence-electron chi connectivity index (χ2n) is 11.4. The minimum atomic E-state index is -1.84. The fourth-order valence-electron chi connectivity index (χ4n) is 6.16. The number of para-hydroxylation sites is 1. The molecule has 0 radical (unpaired) electrons. The van der Waals surface area contributed by atoms with Crippen molar-refractivity contribution in [2.24, 2.45) is 5.41 Å². The van der Waals surface area contributed by atoms with E-state index in [0.29, 0.717) is 28.8 Å². The summed E-state index contributed by atoms with van der Waals surface area (Å²) in [6, 6.07) is 23.9. The van der Waals surface area contributed by atoms with Crippen LogP contribution in [-0.4, -0.2) is 55.6 Å². The molecule has 45 heavy (non-hydrogen) atoms. The Hall–Kier alpha value is -4.47. The molecule has 0 aromatic heterocycles. The Morgan fingerprint density at radius 2 is 1.62 bits per heavy atom. The summed E-state index contributed by atoms with van der Waals surface area (Å²) in [5, 5.41) is 9.47. The van der Waals surface area contributed by atoms with Gasteiger partial charge in [-0.15, -0.1) is 0 Å². The monoisotopic (exact) mass is 643 g/mol. The zero-order chi connectivity index (χ0) is 32.0. The van der Waals surface area contributed by atoms with E-state index < -0.39 is 38.3 Å². The summed E-state index contributed by atoms with van der Waals surface area (Å²) in [5.41, 5.74) is -0.0409. The van der Waals surface area contributed by atoms with Crippen molar-refractivity contribution in [3.63, 3.8) is 0 Å². The quantitative estimate of drug-likeness (QED) is 0.316. The summed E-state index contributed by atoms with van der Waals surface area (Å²) >= 11 is 1.32. The lowest BCUT2D eigenvalue weighted by atomic mass is 9.79. The molecule has 0 aliphatic carbocycles. The summed E-state index contributed by atoms with van der Waals surface area (Å²) in [7, 11) is 1.45. The van der Waals surface area contributed by atoms with Crippen LogP contribution in [0.5, 0.6) is 17.2 Å². The number of piperazine rings is 1. The van der Waals surface area contributed by atoms with Crippen LogP contribution in [0, 0.1) is 16.7 Å². The van der Waals surface area contributed by atoms with Crippen molar-refractivity contribution in [1.82, 2.24) is 9.80 Å². The van der Waals surface area contributed by atoms with Crippen LogP contribution < -0.4 is 14.2 Å². The van der Waals surface area contributed by atoms with E-state index in [4.69, 9.17) is 14.2 Å². The van der Waals surface area contributed by atoms with Crippen molar-refractivity contribution >= 4 is 45.8 Å². The van der Waals surface area contributed by atoms with Crippen LogP contribution in [0.15, 0.2) is 78.9 Å². The highest BCUT2D eigenvalue weighted by molar-refractivity contribution is 8.16. The zero-order valence-electron chi connectivity index (χ0n) is 24.7. The van der Waals surface area contributed by atoms with Gasteiger partial charge in [-0.1, -0.05) is 54.6 Å². The predicted octanol–water partition coefficient (Wildman–Crippen LogP) is 5.54. The molecule has 230 valence electrons. The molecular weight excluding hydrogens is 615 g/mol. The van der Waals surface area contributed by atoms with Gasteiger partial charge in [0.25, 0.3) is 11.8 Å². The van der Waals surface area contributed by atoms with Crippen molar-refractivity contribution in [2.75, 3.05) is 13.8 Å². The first-order chi connectivity index (χ1) is 21.5. The number of nitriles is 1. The predicted molar refractivity (Wildman–Crippen MR) is 167 cm³/mol. The van der Waals surface area contributed by atoms with E-state index in [1.165, 1.54) is 23.8 Å². The smallest absolute Gasteiger partial charge is 0.375 e. The molecule has 2 amide bonds. The number of ether oxygens (including phenoxy) is 3. The third-order valence-electron chi connectivity index (χ3n) is 8.42. The Morgan fingerprint density at radius 3 is 2.31 bits per heavy atom. The molecule has 3 aromatic carbocycles. The highest BCUT2D eigenvalue weighted by atomic mass is 32.2. The van der Waals surface area contributed by atoms with Gasteiger partial charge in [0.1, 0.15) is 5.75 Å². The van der Waals surface area contributed by atoms with Crippen LogP contribution in [0.2, 0.25) is 0 Å². The molecule has 3 aliphatic heterocycles. The maximum absolute atomic E-state index is 14.9. The number of nitrogens with zero attached hydrogens (tertiary/aromatic N) is 3. The number of hydrogen-bond acceptors (Lipinski definition) is 10. The standard InChI is InChI=1S/C33H29N3O7S2/c1-31(19-34)18-33(45-30(40)43-23-12-8-5-9-13-23)29(39)35(3)32(2,44-26(37)16-21-10-6-4-7-11-21)28(38)36(33)27(31)22-14-15-24-25(17-22)42-20-41-24/h4-15,17,27H,16,18,20H2,1-3H3/t27?,31-,32+,33?/m1/s1. The largest absolute Gasteiger partial charge is 0.454 e. The maximum atomic E-state index is 14.9. The number of rotatable bonds is 6. The summed E-state index contributed by atoms with van der Waals surface area (Å²) in [6.07, 6.45) is -0.126. The topological polar surface area (TPSA) is 126 Å². The molecule has 12 heteroatoms. The Bertz CT molecular complexity index is 1730. The van der Waals surface area contributed by atoms with Gasteiger partial charge in [-0.2, -0.15) is 5.26 Å². The Morgan fingerprint density at radius 1 is 0.956 bits per heavy atom. The number of hydrogen-bond donors (Lipinski definition) is 0. The van der Waals surface area contributed by atoms with Gasteiger partial charge in [0.2, 0.25) is 6.79 Å². The molecule has 4 atom stereocenters. The van der Waals surface area contributed by atoms with Gasteiger partial charge >= 0.3 is 5.30 Å². The lowest BCUT2D eigenvalue weighted by Crippen LogP contribution is -2.71. The molecule has 0 N–H and O–H groups in total. The third kappa shape index (κ3) is 5.19. The molecule has 3 heterocycles. The van der Waals surface area contributed by atoms with E-state index in [9.17, 15) is 24.4 Å². The number of benzene rings is 3. The highest BCUT2D eigenvalue weighted by Gasteiger charge is 2.72. The molecule has 0 spiro atoms. The van der Waals surface area contributed by atoms with Crippen molar-refractivity contribution < 1.29 is 33.4 Å². The van der Waals surface area contributed by atoms with E-state index in [1.54, 1.807) is 55.5 Å². The number of amides is 2. The zero-order valence-corrected chi connectivity index (χ0v) is 26.4. The first-order valence-electron chi connectivity index (χ1n) is 14.2. The Balaban J connectivity index is 1.44. The molecule has 0 saturated carbocycles.